The molecule has 4 heteroatoms. The number of aliphatic carboxylic acids is 1. The van der Waals surface area contributed by atoms with Crippen molar-refractivity contribution >= 4 is 11.9 Å². The van der Waals surface area contributed by atoms with Crippen LogP contribution in [0.15, 0.2) is 43.0 Å². The van der Waals surface area contributed by atoms with Gasteiger partial charge in [0.25, 0.3) is 0 Å². The first kappa shape index (κ1) is 14.0. The highest BCUT2D eigenvalue weighted by Gasteiger charge is 2.17. The molecule has 96 valence electrons. The van der Waals surface area contributed by atoms with Crippen LogP contribution >= 0.6 is 0 Å². The largest absolute Gasteiger partial charge is 0.480 e. The molecule has 4 nitrogen and oxygen atoms in total. The van der Waals surface area contributed by atoms with Crippen LogP contribution in [-0.2, 0) is 9.59 Å². The fourth-order valence-corrected chi connectivity index (χ4v) is 1.67. The molecular weight excluding hydrogens is 230 g/mol. The van der Waals surface area contributed by atoms with Gasteiger partial charge in [-0.05, 0) is 5.56 Å². The maximum absolute atomic E-state index is 11.8. The molecular formula is C14H17NO3. The average molecular weight is 247 g/mol. The van der Waals surface area contributed by atoms with Gasteiger partial charge in [-0.25, -0.2) is 0 Å². The van der Waals surface area contributed by atoms with E-state index < -0.39 is 5.97 Å². The molecule has 0 spiro atoms. The number of carbonyl (C=O) groups is 2. The summed E-state index contributed by atoms with van der Waals surface area (Å²) in [6.07, 6.45) is 1.94. The molecule has 0 heterocycles. The molecule has 1 N–H and O–H groups in total. The zero-order chi connectivity index (χ0) is 13.5. The van der Waals surface area contributed by atoms with Crippen LogP contribution in [0.1, 0.15) is 17.9 Å². The van der Waals surface area contributed by atoms with Gasteiger partial charge in [0.1, 0.15) is 6.54 Å². The van der Waals surface area contributed by atoms with E-state index in [9.17, 15) is 9.59 Å². The summed E-state index contributed by atoms with van der Waals surface area (Å²) in [7, 11) is 1.49. The van der Waals surface area contributed by atoms with Crippen molar-refractivity contribution in [1.82, 2.24) is 4.90 Å². The van der Waals surface area contributed by atoms with Gasteiger partial charge < -0.3 is 10.0 Å². The van der Waals surface area contributed by atoms with Crippen molar-refractivity contribution in [3.63, 3.8) is 0 Å². The first-order chi connectivity index (χ1) is 8.54. The van der Waals surface area contributed by atoms with Gasteiger partial charge in [0.2, 0.25) is 5.91 Å². The Morgan fingerprint density at radius 3 is 2.50 bits per heavy atom. The van der Waals surface area contributed by atoms with Crippen LogP contribution in [0.25, 0.3) is 0 Å². The van der Waals surface area contributed by atoms with Gasteiger partial charge in [-0.15, -0.1) is 6.58 Å². The number of carboxylic acid groups (broad SMARTS) is 1. The Kier molecular flexibility index (Phi) is 5.11. The minimum absolute atomic E-state index is 0.0880. The predicted molar refractivity (Wildman–Crippen MR) is 69.3 cm³/mol. The number of amides is 1. The van der Waals surface area contributed by atoms with Crippen LogP contribution in [0.4, 0.5) is 0 Å². The summed E-state index contributed by atoms with van der Waals surface area (Å²) in [5, 5.41) is 8.63. The number of hydrogen-bond donors (Lipinski definition) is 1. The predicted octanol–water partition coefficient (Wildman–Crippen LogP) is 1.89. The molecule has 0 aliphatic carbocycles. The Morgan fingerprint density at radius 2 is 2.00 bits per heavy atom. The fraction of sp³-hybridized carbons (Fsp3) is 0.286. The van der Waals surface area contributed by atoms with Crippen molar-refractivity contribution in [3.8, 4) is 0 Å². The highest BCUT2D eigenvalue weighted by atomic mass is 16.4. The summed E-state index contributed by atoms with van der Waals surface area (Å²) in [4.78, 5) is 23.6. The van der Waals surface area contributed by atoms with E-state index in [0.29, 0.717) is 0 Å². The smallest absolute Gasteiger partial charge is 0.323 e. The molecule has 0 aliphatic rings. The van der Waals surface area contributed by atoms with Crippen molar-refractivity contribution < 1.29 is 14.7 Å². The highest BCUT2D eigenvalue weighted by molar-refractivity contribution is 5.81. The van der Waals surface area contributed by atoms with Crippen molar-refractivity contribution in [2.45, 2.75) is 12.3 Å². The molecule has 0 radical (unpaired) electrons. The van der Waals surface area contributed by atoms with Gasteiger partial charge in [0, 0.05) is 19.4 Å². The Labute approximate surface area is 107 Å². The van der Waals surface area contributed by atoms with E-state index in [1.165, 1.54) is 11.9 Å². The summed E-state index contributed by atoms with van der Waals surface area (Å²) in [5.41, 5.74) is 1.00. The maximum atomic E-state index is 11.8. The number of allylic oxidation sites excluding steroid dienone is 1. The Balaban J connectivity index is 2.67. The molecule has 1 aromatic carbocycles. The molecule has 0 fully saturated rings. The van der Waals surface area contributed by atoms with E-state index in [0.717, 1.165) is 5.56 Å². The second kappa shape index (κ2) is 6.59. The lowest BCUT2D eigenvalue weighted by molar-refractivity contribution is -0.143. The van der Waals surface area contributed by atoms with Gasteiger partial charge in [-0.2, -0.15) is 0 Å². The van der Waals surface area contributed by atoms with E-state index in [2.05, 4.69) is 6.58 Å². The third-order valence-electron chi connectivity index (χ3n) is 2.70. The Hall–Kier alpha value is -2.10. The first-order valence-corrected chi connectivity index (χ1v) is 5.68. The second-order valence-corrected chi connectivity index (χ2v) is 4.10. The monoisotopic (exact) mass is 247 g/mol. The van der Waals surface area contributed by atoms with Gasteiger partial charge in [-0.1, -0.05) is 36.4 Å². The number of carbonyl (C=O) groups excluding carboxylic acids is 1. The number of hydrogen-bond acceptors (Lipinski definition) is 2. The van der Waals surface area contributed by atoms with Crippen LogP contribution in [0, 0.1) is 0 Å². The van der Waals surface area contributed by atoms with Crippen LogP contribution < -0.4 is 0 Å². The molecule has 1 amide bonds. The topological polar surface area (TPSA) is 57.6 Å². The zero-order valence-corrected chi connectivity index (χ0v) is 10.4. The van der Waals surface area contributed by atoms with E-state index >= 15 is 0 Å². The maximum Gasteiger partial charge on any atom is 0.323 e. The van der Waals surface area contributed by atoms with Crippen molar-refractivity contribution in [2.75, 3.05) is 13.6 Å². The van der Waals surface area contributed by atoms with Crippen LogP contribution in [0.5, 0.6) is 0 Å². The Morgan fingerprint density at radius 1 is 1.39 bits per heavy atom. The number of carboxylic acids is 1. The van der Waals surface area contributed by atoms with Crippen LogP contribution in [0.2, 0.25) is 0 Å². The van der Waals surface area contributed by atoms with Crippen molar-refractivity contribution in [3.05, 3.63) is 48.6 Å². The lowest BCUT2D eigenvalue weighted by Crippen LogP contribution is -2.32. The van der Waals surface area contributed by atoms with Crippen LogP contribution in [0.3, 0.4) is 0 Å². The molecule has 18 heavy (non-hydrogen) atoms. The molecule has 0 bridgehead atoms. The summed E-state index contributed by atoms with van der Waals surface area (Å²) in [6, 6.07) is 9.56. The number of rotatable bonds is 6. The standard InChI is InChI=1S/C14H17NO3/c1-3-11(12-7-5-4-6-8-12)9-13(16)15(2)10-14(17)18/h3-8,11H,1,9-10H2,2H3,(H,17,18). The minimum atomic E-state index is -1.01. The van der Waals surface area contributed by atoms with Crippen molar-refractivity contribution in [2.24, 2.45) is 0 Å². The molecule has 1 atom stereocenters. The molecule has 0 aromatic heterocycles. The first-order valence-electron chi connectivity index (χ1n) is 5.68. The minimum Gasteiger partial charge on any atom is -0.480 e. The molecule has 0 aliphatic heterocycles. The second-order valence-electron chi connectivity index (χ2n) is 4.10. The lowest BCUT2D eigenvalue weighted by Gasteiger charge is -2.18. The third-order valence-corrected chi connectivity index (χ3v) is 2.70. The molecule has 0 saturated heterocycles. The summed E-state index contributed by atoms with van der Waals surface area (Å²) in [6.45, 7) is 3.44. The molecule has 1 aromatic rings. The zero-order valence-electron chi connectivity index (χ0n) is 10.4. The summed E-state index contributed by atoms with van der Waals surface area (Å²) >= 11 is 0. The van der Waals surface area contributed by atoms with Gasteiger partial charge in [-0.3, -0.25) is 9.59 Å². The SMILES string of the molecule is C=CC(CC(=O)N(C)CC(=O)O)c1ccccc1. The van der Waals surface area contributed by atoms with E-state index in [1.54, 1.807) is 6.08 Å². The number of nitrogens with zero attached hydrogens (tertiary/aromatic N) is 1. The normalized spacial score (nSPS) is 11.6. The quantitative estimate of drug-likeness (QED) is 0.781. The lowest BCUT2D eigenvalue weighted by atomic mass is 9.95. The third kappa shape index (κ3) is 4.05. The van der Waals surface area contributed by atoms with Crippen molar-refractivity contribution in [1.29, 1.82) is 0 Å². The van der Waals surface area contributed by atoms with E-state index in [1.807, 2.05) is 30.3 Å². The van der Waals surface area contributed by atoms with E-state index in [4.69, 9.17) is 5.11 Å². The van der Waals surface area contributed by atoms with E-state index in [-0.39, 0.29) is 24.8 Å². The van der Waals surface area contributed by atoms with Gasteiger partial charge in [0.05, 0.1) is 0 Å². The molecule has 1 unspecified atom stereocenters. The Bertz CT molecular complexity index is 428. The van der Waals surface area contributed by atoms with Crippen LogP contribution in [-0.4, -0.2) is 35.5 Å². The highest BCUT2D eigenvalue weighted by Crippen LogP contribution is 2.21. The summed E-state index contributed by atoms with van der Waals surface area (Å²) in [5.74, 6) is -1.30. The number of likely N-dealkylation sites (N-methyl/N-ethyl adjacent to an activating group) is 1. The summed E-state index contributed by atoms with van der Waals surface area (Å²) < 4.78 is 0. The average Bonchev–Trinajstić information content (AvgIpc) is 2.35. The molecule has 1 rings (SSSR count). The van der Waals surface area contributed by atoms with Gasteiger partial charge >= 0.3 is 5.97 Å². The molecule has 0 saturated carbocycles. The fourth-order valence-electron chi connectivity index (χ4n) is 1.67. The van der Waals surface area contributed by atoms with Gasteiger partial charge in [0.15, 0.2) is 0 Å². The number of benzene rings is 1.